The number of fused-ring (bicyclic) bond motifs is 4. The maximum Gasteiger partial charge on any atom is 0.197 e. The zero-order valence-electron chi connectivity index (χ0n) is 12.6. The van der Waals surface area contributed by atoms with E-state index in [1.54, 1.807) is 18.2 Å². The summed E-state index contributed by atoms with van der Waals surface area (Å²) in [4.78, 5) is 33.4. The predicted octanol–water partition coefficient (Wildman–Crippen LogP) is 1.69. The lowest BCUT2D eigenvalue weighted by Crippen LogP contribution is -2.47. The highest BCUT2D eigenvalue weighted by Crippen LogP contribution is 2.30. The summed E-state index contributed by atoms with van der Waals surface area (Å²) in [5.41, 5.74) is 2.66. The summed E-state index contributed by atoms with van der Waals surface area (Å²) in [6, 6.07) is 14.7. The van der Waals surface area contributed by atoms with Gasteiger partial charge in [0.25, 0.3) is 0 Å². The second kappa shape index (κ2) is 4.61. The van der Waals surface area contributed by atoms with Crippen LogP contribution in [0.15, 0.2) is 58.3 Å². The van der Waals surface area contributed by atoms with Gasteiger partial charge in [0, 0.05) is 27.0 Å². The minimum absolute atomic E-state index is 0.0199. The number of aliphatic imine (C=N–C) groups is 1. The Hall–Kier alpha value is -3.27. The van der Waals surface area contributed by atoms with Crippen LogP contribution < -0.4 is 16.0 Å². The third kappa shape index (κ3) is 1.71. The van der Waals surface area contributed by atoms with Gasteiger partial charge in [0.15, 0.2) is 11.2 Å². The van der Waals surface area contributed by atoms with Crippen LogP contribution in [0.5, 0.6) is 0 Å². The van der Waals surface area contributed by atoms with Crippen molar-refractivity contribution in [3.63, 3.8) is 0 Å². The summed E-state index contributed by atoms with van der Waals surface area (Å²) < 4.78 is 0. The minimum atomic E-state index is -0.441. The van der Waals surface area contributed by atoms with Crippen LogP contribution in [0.3, 0.4) is 0 Å². The average molecular weight is 312 g/mol. The monoisotopic (exact) mass is 312 g/mol. The standard InChI is InChI=1S/C20H12N2O2/c23-19-11-5-1-3-7-15(11)21-17-10-14-18(9-13(17)19)22-16-8-4-2-6-12(16)20(14)24/h1-10,13,22H. The lowest BCUT2D eigenvalue weighted by atomic mass is 9.86. The third-order valence-corrected chi connectivity index (χ3v) is 4.62. The third-order valence-electron chi connectivity index (χ3n) is 4.62. The summed E-state index contributed by atoms with van der Waals surface area (Å²) in [7, 11) is 0. The van der Waals surface area contributed by atoms with Crippen molar-refractivity contribution >= 4 is 40.2 Å². The van der Waals surface area contributed by atoms with Gasteiger partial charge in [0.2, 0.25) is 0 Å². The van der Waals surface area contributed by atoms with E-state index < -0.39 is 5.92 Å². The van der Waals surface area contributed by atoms with Crippen LogP contribution in [0, 0.1) is 5.92 Å². The molecule has 0 fully saturated rings. The smallest absolute Gasteiger partial charge is 0.197 e. The zero-order chi connectivity index (χ0) is 16.3. The number of hydrogen-bond donors (Lipinski definition) is 1. The van der Waals surface area contributed by atoms with Crippen LogP contribution in [0.4, 0.5) is 5.69 Å². The topological polar surface area (TPSA) is 62.3 Å². The maximum atomic E-state index is 12.8. The number of ketones is 1. The second-order valence-corrected chi connectivity index (χ2v) is 6.03. The van der Waals surface area contributed by atoms with Gasteiger partial charge in [-0.1, -0.05) is 24.3 Å². The van der Waals surface area contributed by atoms with E-state index in [1.807, 2.05) is 42.5 Å². The molecule has 4 nitrogen and oxygen atoms in total. The number of aromatic amines is 1. The number of carbonyl (C=O) groups excluding carboxylic acids is 1. The van der Waals surface area contributed by atoms with Crippen molar-refractivity contribution in [1.29, 1.82) is 0 Å². The SMILES string of the molecule is O=C1c2ccccc2N=C2C=c3c([nH]c4ccccc4c3=O)=CC12. The van der Waals surface area contributed by atoms with Crippen LogP contribution in [0.25, 0.3) is 23.1 Å². The molecule has 3 aromatic rings. The van der Waals surface area contributed by atoms with Crippen LogP contribution in [0.2, 0.25) is 0 Å². The Labute approximate surface area is 136 Å². The van der Waals surface area contributed by atoms with Crippen molar-refractivity contribution < 1.29 is 4.79 Å². The highest BCUT2D eigenvalue weighted by Gasteiger charge is 2.30. The van der Waals surface area contributed by atoms with E-state index in [-0.39, 0.29) is 11.2 Å². The number of pyridine rings is 1. The van der Waals surface area contributed by atoms with E-state index in [0.717, 1.165) is 5.52 Å². The molecule has 4 heteroatoms. The molecule has 1 N–H and O–H groups in total. The number of nitrogens with zero attached hydrogens (tertiary/aromatic N) is 1. The number of aromatic nitrogens is 1. The van der Waals surface area contributed by atoms with Gasteiger partial charge in [0.1, 0.15) is 0 Å². The van der Waals surface area contributed by atoms with Crippen molar-refractivity contribution in [2.75, 3.05) is 0 Å². The minimum Gasteiger partial charge on any atom is -0.355 e. The van der Waals surface area contributed by atoms with Crippen molar-refractivity contribution in [1.82, 2.24) is 4.98 Å². The molecule has 1 aliphatic heterocycles. The lowest BCUT2D eigenvalue weighted by molar-refractivity contribution is 0.0977. The highest BCUT2D eigenvalue weighted by atomic mass is 16.1. The Morgan fingerprint density at radius 1 is 0.958 bits per heavy atom. The predicted molar refractivity (Wildman–Crippen MR) is 94.1 cm³/mol. The molecule has 0 radical (unpaired) electrons. The fourth-order valence-electron chi connectivity index (χ4n) is 3.43. The number of nitrogens with one attached hydrogen (secondary N) is 1. The molecule has 5 rings (SSSR count). The number of benzene rings is 2. The van der Waals surface area contributed by atoms with Gasteiger partial charge in [-0.15, -0.1) is 0 Å². The zero-order valence-corrected chi connectivity index (χ0v) is 12.6. The number of carbonyl (C=O) groups is 1. The number of Topliss-reactive ketones (excluding diaryl/α,β-unsaturated/α-hetero) is 1. The summed E-state index contributed by atoms with van der Waals surface area (Å²) in [5, 5.41) is 1.90. The molecule has 1 unspecified atom stereocenters. The fourth-order valence-corrected chi connectivity index (χ4v) is 3.43. The van der Waals surface area contributed by atoms with Crippen molar-refractivity contribution in [3.05, 3.63) is 74.9 Å². The molecular weight excluding hydrogens is 300 g/mol. The number of para-hydroxylation sites is 2. The first-order valence-corrected chi connectivity index (χ1v) is 7.79. The second-order valence-electron chi connectivity index (χ2n) is 6.03. The first kappa shape index (κ1) is 13.2. The molecular formula is C20H12N2O2. The van der Waals surface area contributed by atoms with Gasteiger partial charge in [-0.2, -0.15) is 0 Å². The highest BCUT2D eigenvalue weighted by molar-refractivity contribution is 6.30. The van der Waals surface area contributed by atoms with Gasteiger partial charge < -0.3 is 4.98 Å². The molecule has 0 saturated heterocycles. The summed E-state index contributed by atoms with van der Waals surface area (Å²) in [5.74, 6) is -0.421. The van der Waals surface area contributed by atoms with E-state index in [4.69, 9.17) is 0 Å². The Balaban J connectivity index is 1.88. The maximum absolute atomic E-state index is 12.8. The molecule has 1 aromatic heterocycles. The van der Waals surface area contributed by atoms with Gasteiger partial charge in [-0.3, -0.25) is 14.6 Å². The molecule has 0 amide bonds. The van der Waals surface area contributed by atoms with Gasteiger partial charge in [-0.25, -0.2) is 0 Å². The molecule has 2 aromatic carbocycles. The fraction of sp³-hybridized carbons (Fsp3) is 0.0500. The summed E-state index contributed by atoms with van der Waals surface area (Å²) in [6.45, 7) is 0. The first-order chi connectivity index (χ1) is 11.7. The average Bonchev–Trinajstić information content (AvgIpc) is 2.62. The van der Waals surface area contributed by atoms with Crippen molar-refractivity contribution in [3.8, 4) is 0 Å². The summed E-state index contributed by atoms with van der Waals surface area (Å²) >= 11 is 0. The van der Waals surface area contributed by atoms with Gasteiger partial charge >= 0.3 is 0 Å². The van der Waals surface area contributed by atoms with E-state index in [2.05, 4.69) is 9.98 Å². The molecule has 114 valence electrons. The van der Waals surface area contributed by atoms with Crippen LogP contribution >= 0.6 is 0 Å². The quantitative estimate of drug-likeness (QED) is 0.686. The normalized spacial score (nSPS) is 17.9. The Morgan fingerprint density at radius 2 is 1.75 bits per heavy atom. The first-order valence-electron chi connectivity index (χ1n) is 7.79. The largest absolute Gasteiger partial charge is 0.355 e. The van der Waals surface area contributed by atoms with Crippen LogP contribution in [0.1, 0.15) is 10.4 Å². The molecule has 1 atom stereocenters. The molecule has 0 spiro atoms. The van der Waals surface area contributed by atoms with Gasteiger partial charge in [0.05, 0.1) is 17.3 Å². The van der Waals surface area contributed by atoms with E-state index in [1.165, 1.54) is 0 Å². The Kier molecular flexibility index (Phi) is 2.54. The summed E-state index contributed by atoms with van der Waals surface area (Å²) in [6.07, 6.45) is 3.57. The number of H-pyrrole nitrogens is 1. The number of rotatable bonds is 0. The van der Waals surface area contributed by atoms with E-state index in [9.17, 15) is 9.59 Å². The van der Waals surface area contributed by atoms with Crippen molar-refractivity contribution in [2.24, 2.45) is 10.9 Å². The van der Waals surface area contributed by atoms with E-state index >= 15 is 0 Å². The Morgan fingerprint density at radius 3 is 2.67 bits per heavy atom. The van der Waals surface area contributed by atoms with Crippen molar-refractivity contribution in [2.45, 2.75) is 0 Å². The molecule has 0 bridgehead atoms. The van der Waals surface area contributed by atoms with Crippen LogP contribution in [-0.4, -0.2) is 16.5 Å². The van der Waals surface area contributed by atoms with E-state index in [0.29, 0.717) is 32.9 Å². The van der Waals surface area contributed by atoms with Gasteiger partial charge in [-0.05, 0) is 36.4 Å². The number of hydrogen-bond acceptors (Lipinski definition) is 3. The molecule has 24 heavy (non-hydrogen) atoms. The molecule has 2 aliphatic rings. The molecule has 1 aliphatic carbocycles. The molecule has 0 saturated carbocycles. The van der Waals surface area contributed by atoms with Crippen LogP contribution in [-0.2, 0) is 0 Å². The lowest BCUT2D eigenvalue weighted by Gasteiger charge is -2.21. The molecule has 2 heterocycles. The Bertz CT molecular complexity index is 1250.